The average molecular weight is 712 g/mol. The van der Waals surface area contributed by atoms with E-state index in [1.54, 1.807) is 7.11 Å². The third-order valence-corrected chi connectivity index (χ3v) is 12.7. The SMILES string of the molecule is COc1ccc(C2CCCCC2)c2c1cc1n2C=C2C(=C3C=CC[C@@H](C(=O)N(C)C(CN(C)C)c4ccccc4)C31)C2C(=O)NS(=O)(=O)N(C)C. The minimum Gasteiger partial charge on any atom is -0.496 e. The lowest BCUT2D eigenvalue weighted by atomic mass is 9.76. The van der Waals surface area contributed by atoms with Gasteiger partial charge in [-0.3, -0.25) is 9.59 Å². The molecule has 1 N–H and O–H groups in total. The van der Waals surface area contributed by atoms with Gasteiger partial charge in [0.2, 0.25) is 11.8 Å². The first-order chi connectivity index (χ1) is 24.4. The Hall–Kier alpha value is -4.19. The maximum absolute atomic E-state index is 15.0. The molecular weight excluding hydrogens is 663 g/mol. The standard InChI is InChI=1S/C40H49N5O5S/c1-42(2)24-33(26-16-11-8-12-17-26)44(5)40(47)29-19-13-18-28-35(29)32-22-30-34(50-6)21-20-27(25-14-9-7-10-15-25)38(30)45(32)23-31-36(28)37(31)39(46)41-51(48,49)43(3)4/h8,11-13,16-18,20-23,25,29,33,35,37H,7,9-10,14-15,19,24H2,1-6H3,(H,41,46)/t29-,33?,35?,37?/m1/s1. The number of amides is 2. The first-order valence-electron chi connectivity index (χ1n) is 18.0. The number of benzene rings is 2. The number of aromatic nitrogens is 1. The van der Waals surface area contributed by atoms with Crippen molar-refractivity contribution in [3.8, 4) is 5.75 Å². The Morgan fingerprint density at radius 1 is 1.00 bits per heavy atom. The summed E-state index contributed by atoms with van der Waals surface area (Å²) in [6, 6.07) is 16.4. The molecule has 0 radical (unpaired) electrons. The van der Waals surface area contributed by atoms with Crippen molar-refractivity contribution in [3.63, 3.8) is 0 Å². The molecule has 3 unspecified atom stereocenters. The molecule has 0 bridgehead atoms. The highest BCUT2D eigenvalue weighted by Gasteiger charge is 2.52. The second-order valence-corrected chi connectivity index (χ2v) is 16.8. The van der Waals surface area contributed by atoms with E-state index < -0.39 is 28.0 Å². The predicted molar refractivity (Wildman–Crippen MR) is 200 cm³/mol. The van der Waals surface area contributed by atoms with E-state index >= 15 is 0 Å². The number of allylic oxidation sites excluding steroid dienone is 3. The lowest BCUT2D eigenvalue weighted by Crippen LogP contribution is -2.42. The van der Waals surface area contributed by atoms with E-state index in [-0.39, 0.29) is 17.9 Å². The molecular formula is C40H49N5O5S. The zero-order valence-corrected chi connectivity index (χ0v) is 31.2. The van der Waals surface area contributed by atoms with Gasteiger partial charge >= 0.3 is 10.2 Å². The molecule has 51 heavy (non-hydrogen) atoms. The number of ether oxygens (including phenoxy) is 1. The van der Waals surface area contributed by atoms with Crippen LogP contribution in [0.25, 0.3) is 17.1 Å². The smallest absolute Gasteiger partial charge is 0.303 e. The van der Waals surface area contributed by atoms with Crippen LogP contribution in [0.4, 0.5) is 0 Å². The predicted octanol–water partition coefficient (Wildman–Crippen LogP) is 5.82. The Morgan fingerprint density at radius 2 is 1.73 bits per heavy atom. The van der Waals surface area contributed by atoms with E-state index in [0.717, 1.165) is 61.8 Å². The van der Waals surface area contributed by atoms with Crippen LogP contribution >= 0.6 is 0 Å². The van der Waals surface area contributed by atoms with Gasteiger partial charge in [-0.25, -0.2) is 4.72 Å². The minimum atomic E-state index is -4.00. The first-order valence-corrected chi connectivity index (χ1v) is 19.4. The van der Waals surface area contributed by atoms with E-state index in [4.69, 9.17) is 4.74 Å². The fourth-order valence-electron chi connectivity index (χ4n) is 8.62. The van der Waals surface area contributed by atoms with E-state index in [0.29, 0.717) is 18.9 Å². The highest BCUT2D eigenvalue weighted by atomic mass is 32.2. The summed E-state index contributed by atoms with van der Waals surface area (Å²) in [6.45, 7) is 0.657. The van der Waals surface area contributed by atoms with Crippen LogP contribution in [0.1, 0.15) is 73.2 Å². The van der Waals surface area contributed by atoms with Crippen molar-refractivity contribution in [2.45, 2.75) is 56.4 Å². The van der Waals surface area contributed by atoms with Crippen LogP contribution in [-0.4, -0.2) is 87.8 Å². The van der Waals surface area contributed by atoms with Gasteiger partial charge in [-0.05, 0) is 79.3 Å². The number of methoxy groups -OCH3 is 1. The molecule has 3 aromatic rings. The summed E-state index contributed by atoms with van der Waals surface area (Å²) in [5, 5.41) is 0.982. The van der Waals surface area contributed by atoms with Crippen molar-refractivity contribution < 1.29 is 22.7 Å². The van der Waals surface area contributed by atoms with Crippen molar-refractivity contribution >= 4 is 39.1 Å². The molecule has 3 aliphatic carbocycles. The van der Waals surface area contributed by atoms with Gasteiger partial charge in [-0.2, -0.15) is 12.7 Å². The molecule has 2 amide bonds. The number of nitrogens with zero attached hydrogens (tertiary/aromatic N) is 4. The van der Waals surface area contributed by atoms with Crippen LogP contribution in [0.2, 0.25) is 0 Å². The third-order valence-electron chi connectivity index (χ3n) is 11.3. The van der Waals surface area contributed by atoms with Crippen molar-refractivity contribution in [1.82, 2.24) is 23.4 Å². The molecule has 10 nitrogen and oxygen atoms in total. The van der Waals surface area contributed by atoms with Gasteiger partial charge in [0.1, 0.15) is 5.75 Å². The third kappa shape index (κ3) is 6.33. The lowest BCUT2D eigenvalue weighted by molar-refractivity contribution is -0.137. The Kier molecular flexibility index (Phi) is 9.49. The van der Waals surface area contributed by atoms with Gasteiger partial charge in [0.05, 0.1) is 30.5 Å². The highest BCUT2D eigenvalue weighted by molar-refractivity contribution is 7.87. The number of rotatable bonds is 10. The fraction of sp³-hybridized carbons (Fsp3) is 0.450. The minimum absolute atomic E-state index is 0.0229. The zero-order chi connectivity index (χ0) is 36.2. The molecule has 2 aromatic carbocycles. The first kappa shape index (κ1) is 35.2. The maximum atomic E-state index is 15.0. The van der Waals surface area contributed by atoms with Gasteiger partial charge in [0, 0.05) is 50.9 Å². The summed E-state index contributed by atoms with van der Waals surface area (Å²) in [6.07, 6.45) is 12.4. The molecule has 11 heteroatoms. The Morgan fingerprint density at radius 3 is 2.39 bits per heavy atom. The molecule has 4 atom stereocenters. The van der Waals surface area contributed by atoms with Crippen molar-refractivity contribution in [3.05, 3.63) is 94.2 Å². The number of fused-ring (bicyclic) bond motifs is 6. The van der Waals surface area contributed by atoms with Crippen LogP contribution in [0.5, 0.6) is 5.75 Å². The summed E-state index contributed by atoms with van der Waals surface area (Å²) in [5.41, 5.74) is 6.80. The van der Waals surface area contributed by atoms with E-state index in [9.17, 15) is 18.0 Å². The van der Waals surface area contributed by atoms with Gasteiger partial charge in [-0.1, -0.05) is 67.8 Å². The quantitative estimate of drug-likeness (QED) is 0.284. The Labute approximate surface area is 301 Å². The molecule has 2 fully saturated rings. The Balaban J connectivity index is 1.40. The lowest BCUT2D eigenvalue weighted by Gasteiger charge is -2.37. The number of carbonyl (C=O) groups is 2. The zero-order valence-electron chi connectivity index (χ0n) is 30.4. The number of likely N-dealkylation sites (N-methyl/N-ethyl adjacent to an activating group) is 2. The van der Waals surface area contributed by atoms with E-state index in [1.807, 2.05) is 62.6 Å². The highest BCUT2D eigenvalue weighted by Crippen LogP contribution is 2.57. The topological polar surface area (TPSA) is 104 Å². The van der Waals surface area contributed by atoms with Crippen LogP contribution in [0, 0.1) is 11.8 Å². The van der Waals surface area contributed by atoms with E-state index in [1.165, 1.54) is 38.9 Å². The largest absolute Gasteiger partial charge is 0.496 e. The van der Waals surface area contributed by atoms with Crippen molar-refractivity contribution in [2.24, 2.45) is 11.8 Å². The number of nitrogens with one attached hydrogen (secondary N) is 1. The fourth-order valence-corrected chi connectivity index (χ4v) is 9.17. The summed E-state index contributed by atoms with van der Waals surface area (Å²) < 4.78 is 37.0. The molecule has 2 saturated carbocycles. The van der Waals surface area contributed by atoms with Gasteiger partial charge in [0.15, 0.2) is 0 Å². The van der Waals surface area contributed by atoms with E-state index in [2.05, 4.69) is 44.5 Å². The summed E-state index contributed by atoms with van der Waals surface area (Å²) in [5.74, 6) is -0.984. The van der Waals surface area contributed by atoms with Crippen LogP contribution < -0.4 is 9.46 Å². The van der Waals surface area contributed by atoms with Gasteiger partial charge in [0.25, 0.3) is 0 Å². The number of hydrogen-bond acceptors (Lipinski definition) is 6. The van der Waals surface area contributed by atoms with Crippen LogP contribution in [0.3, 0.4) is 0 Å². The normalized spacial score (nSPS) is 22.2. The maximum Gasteiger partial charge on any atom is 0.303 e. The summed E-state index contributed by atoms with van der Waals surface area (Å²) in [4.78, 5) is 32.7. The van der Waals surface area contributed by atoms with Gasteiger partial charge in [-0.15, -0.1) is 0 Å². The molecule has 1 aromatic heterocycles. The van der Waals surface area contributed by atoms with Crippen molar-refractivity contribution in [2.75, 3.05) is 48.9 Å². The number of carbonyl (C=O) groups excluding carboxylic acids is 2. The average Bonchev–Trinajstić information content (AvgIpc) is 3.76. The molecule has 270 valence electrons. The summed E-state index contributed by atoms with van der Waals surface area (Å²) in [7, 11) is 6.40. The molecule has 7 rings (SSSR count). The van der Waals surface area contributed by atoms with Crippen LogP contribution in [0.15, 0.2) is 77.4 Å². The van der Waals surface area contributed by atoms with Crippen LogP contribution in [-0.2, 0) is 19.8 Å². The molecule has 2 heterocycles. The number of hydrogen-bond donors (Lipinski definition) is 1. The summed E-state index contributed by atoms with van der Waals surface area (Å²) >= 11 is 0. The molecule has 1 aliphatic heterocycles. The second kappa shape index (κ2) is 13.7. The van der Waals surface area contributed by atoms with Crippen molar-refractivity contribution in [1.29, 1.82) is 0 Å². The van der Waals surface area contributed by atoms with Gasteiger partial charge < -0.3 is 19.1 Å². The Bertz CT molecular complexity index is 2060. The molecule has 0 saturated heterocycles. The monoisotopic (exact) mass is 711 g/mol. The second-order valence-electron chi connectivity index (χ2n) is 14.9. The molecule has 4 aliphatic rings. The molecule has 0 spiro atoms.